The number of guanidine groups is 1. The van der Waals surface area contributed by atoms with E-state index < -0.39 is 0 Å². The van der Waals surface area contributed by atoms with Crippen LogP contribution in [0.4, 0.5) is 0 Å². The topological polar surface area (TPSA) is 49.3 Å². The molecule has 1 saturated heterocycles. The SMILES string of the molecule is CCNC(=NCCCN(C)C)N1CCC(COCCOC)C1.I. The summed E-state index contributed by atoms with van der Waals surface area (Å²) in [6.07, 6.45) is 2.27. The second-order valence-electron chi connectivity index (χ2n) is 6.06. The Morgan fingerprint density at radius 1 is 1.35 bits per heavy atom. The summed E-state index contributed by atoms with van der Waals surface area (Å²) in [6, 6.07) is 0. The molecule has 1 aliphatic heterocycles. The number of hydrogen-bond donors (Lipinski definition) is 1. The van der Waals surface area contributed by atoms with Crippen LogP contribution in [0.1, 0.15) is 19.8 Å². The van der Waals surface area contributed by atoms with E-state index in [0.29, 0.717) is 19.1 Å². The van der Waals surface area contributed by atoms with Crippen molar-refractivity contribution in [3.05, 3.63) is 0 Å². The predicted octanol–water partition coefficient (Wildman–Crippen LogP) is 1.51. The van der Waals surface area contributed by atoms with E-state index in [1.807, 2.05) is 0 Å². The Bertz CT molecular complexity index is 316. The van der Waals surface area contributed by atoms with E-state index in [4.69, 9.17) is 14.5 Å². The van der Waals surface area contributed by atoms with Crippen molar-refractivity contribution in [1.82, 2.24) is 15.1 Å². The third kappa shape index (κ3) is 10.4. The Morgan fingerprint density at radius 3 is 2.78 bits per heavy atom. The van der Waals surface area contributed by atoms with Gasteiger partial charge in [0.25, 0.3) is 0 Å². The van der Waals surface area contributed by atoms with Gasteiger partial charge in [-0.25, -0.2) is 0 Å². The fourth-order valence-electron chi connectivity index (χ4n) is 2.55. The second-order valence-corrected chi connectivity index (χ2v) is 6.06. The molecule has 6 nitrogen and oxygen atoms in total. The fourth-order valence-corrected chi connectivity index (χ4v) is 2.55. The Morgan fingerprint density at radius 2 is 2.13 bits per heavy atom. The van der Waals surface area contributed by atoms with Crippen LogP contribution in [0.15, 0.2) is 4.99 Å². The quantitative estimate of drug-likeness (QED) is 0.241. The molecule has 0 aliphatic carbocycles. The highest BCUT2D eigenvalue weighted by Gasteiger charge is 2.24. The first-order valence-corrected chi connectivity index (χ1v) is 8.42. The Labute approximate surface area is 159 Å². The van der Waals surface area contributed by atoms with Crippen molar-refractivity contribution in [1.29, 1.82) is 0 Å². The minimum Gasteiger partial charge on any atom is -0.382 e. The molecule has 7 heteroatoms. The summed E-state index contributed by atoms with van der Waals surface area (Å²) in [6.45, 7) is 9.28. The van der Waals surface area contributed by atoms with E-state index in [1.165, 1.54) is 6.42 Å². The Kier molecular flexibility index (Phi) is 14.2. The van der Waals surface area contributed by atoms with Gasteiger partial charge in [0.05, 0.1) is 19.8 Å². The first-order chi connectivity index (χ1) is 10.7. The number of nitrogens with one attached hydrogen (secondary N) is 1. The van der Waals surface area contributed by atoms with Crippen LogP contribution in [0.3, 0.4) is 0 Å². The Balaban J connectivity index is 0.00000484. The standard InChI is InChI=1S/C16H34N4O2.HI/c1-5-17-16(18-8-6-9-19(2)3)20-10-7-15(13-20)14-22-12-11-21-4;/h15H,5-14H2,1-4H3,(H,17,18);1H. The van der Waals surface area contributed by atoms with Gasteiger partial charge in [0.15, 0.2) is 5.96 Å². The van der Waals surface area contributed by atoms with E-state index >= 15 is 0 Å². The molecular formula is C16H35IN4O2. The van der Waals surface area contributed by atoms with Gasteiger partial charge in [0, 0.05) is 39.2 Å². The summed E-state index contributed by atoms with van der Waals surface area (Å²) >= 11 is 0. The fraction of sp³-hybridized carbons (Fsp3) is 0.938. The van der Waals surface area contributed by atoms with Crippen LogP contribution < -0.4 is 5.32 Å². The molecule has 1 fully saturated rings. The lowest BCUT2D eigenvalue weighted by molar-refractivity contribution is 0.0536. The van der Waals surface area contributed by atoms with Crippen molar-refractivity contribution in [2.45, 2.75) is 19.8 Å². The minimum absolute atomic E-state index is 0. The maximum absolute atomic E-state index is 5.65. The van der Waals surface area contributed by atoms with Gasteiger partial charge in [0.1, 0.15) is 0 Å². The third-order valence-electron chi connectivity index (χ3n) is 3.73. The molecule has 1 N–H and O–H groups in total. The van der Waals surface area contributed by atoms with E-state index in [9.17, 15) is 0 Å². The zero-order valence-corrected chi connectivity index (χ0v) is 17.5. The van der Waals surface area contributed by atoms with Gasteiger partial charge in [-0.1, -0.05) is 0 Å². The van der Waals surface area contributed by atoms with Gasteiger partial charge in [-0.2, -0.15) is 0 Å². The van der Waals surface area contributed by atoms with Crippen molar-refractivity contribution in [3.63, 3.8) is 0 Å². The molecule has 0 aromatic heterocycles. The summed E-state index contributed by atoms with van der Waals surface area (Å²) in [7, 11) is 5.91. The largest absolute Gasteiger partial charge is 0.382 e. The first kappa shape index (κ1) is 22.9. The lowest BCUT2D eigenvalue weighted by Crippen LogP contribution is -2.40. The third-order valence-corrected chi connectivity index (χ3v) is 3.73. The molecule has 0 bridgehead atoms. The summed E-state index contributed by atoms with van der Waals surface area (Å²) in [4.78, 5) is 9.32. The van der Waals surface area contributed by atoms with Crippen LogP contribution in [-0.2, 0) is 9.47 Å². The number of nitrogens with zero attached hydrogens (tertiary/aromatic N) is 3. The van der Waals surface area contributed by atoms with Crippen molar-refractivity contribution in [2.24, 2.45) is 10.9 Å². The molecule has 23 heavy (non-hydrogen) atoms. The van der Waals surface area contributed by atoms with E-state index in [2.05, 4.69) is 36.1 Å². The maximum Gasteiger partial charge on any atom is 0.193 e. The smallest absolute Gasteiger partial charge is 0.193 e. The molecule has 1 heterocycles. The van der Waals surface area contributed by atoms with Crippen LogP contribution in [0.25, 0.3) is 0 Å². The van der Waals surface area contributed by atoms with Crippen LogP contribution in [0.2, 0.25) is 0 Å². The molecule has 1 rings (SSSR count). The highest BCUT2D eigenvalue weighted by molar-refractivity contribution is 14.0. The summed E-state index contributed by atoms with van der Waals surface area (Å²) in [5, 5.41) is 3.41. The number of likely N-dealkylation sites (tertiary alicyclic amines) is 1. The lowest BCUT2D eigenvalue weighted by atomic mass is 10.1. The van der Waals surface area contributed by atoms with E-state index in [0.717, 1.165) is 51.7 Å². The second kappa shape index (κ2) is 14.2. The molecule has 0 aromatic rings. The molecule has 0 saturated carbocycles. The number of aliphatic imine (C=N–C) groups is 1. The van der Waals surface area contributed by atoms with Gasteiger partial charge in [-0.05, 0) is 40.4 Å². The van der Waals surface area contributed by atoms with Gasteiger partial charge >= 0.3 is 0 Å². The van der Waals surface area contributed by atoms with Crippen molar-refractivity contribution >= 4 is 29.9 Å². The number of rotatable bonds is 10. The van der Waals surface area contributed by atoms with Crippen molar-refractivity contribution < 1.29 is 9.47 Å². The number of methoxy groups -OCH3 is 1. The molecule has 1 unspecified atom stereocenters. The van der Waals surface area contributed by atoms with Crippen LogP contribution in [-0.4, -0.2) is 89.5 Å². The summed E-state index contributed by atoms with van der Waals surface area (Å²) in [5.41, 5.74) is 0. The number of halogens is 1. The van der Waals surface area contributed by atoms with Gasteiger partial charge in [-0.3, -0.25) is 4.99 Å². The van der Waals surface area contributed by atoms with Crippen molar-refractivity contribution in [3.8, 4) is 0 Å². The van der Waals surface area contributed by atoms with Crippen LogP contribution in [0.5, 0.6) is 0 Å². The average molecular weight is 442 g/mol. The van der Waals surface area contributed by atoms with Gasteiger partial charge in [-0.15, -0.1) is 24.0 Å². The molecule has 138 valence electrons. The monoisotopic (exact) mass is 442 g/mol. The van der Waals surface area contributed by atoms with Gasteiger partial charge in [0.2, 0.25) is 0 Å². The predicted molar refractivity (Wildman–Crippen MR) is 107 cm³/mol. The zero-order chi connectivity index (χ0) is 16.2. The average Bonchev–Trinajstić information content (AvgIpc) is 2.95. The van der Waals surface area contributed by atoms with E-state index in [1.54, 1.807) is 7.11 Å². The molecule has 1 aliphatic rings. The summed E-state index contributed by atoms with van der Waals surface area (Å²) < 4.78 is 10.7. The molecular weight excluding hydrogens is 407 g/mol. The molecule has 0 spiro atoms. The zero-order valence-electron chi connectivity index (χ0n) is 15.2. The maximum atomic E-state index is 5.65. The highest BCUT2D eigenvalue weighted by atomic mass is 127. The molecule has 1 atom stereocenters. The normalized spacial score (nSPS) is 18.4. The van der Waals surface area contributed by atoms with Gasteiger partial charge < -0.3 is 24.6 Å². The molecule has 0 radical (unpaired) electrons. The number of hydrogen-bond acceptors (Lipinski definition) is 4. The minimum atomic E-state index is 0. The van der Waals surface area contributed by atoms with Crippen LogP contribution in [0, 0.1) is 5.92 Å². The lowest BCUT2D eigenvalue weighted by Gasteiger charge is -2.22. The van der Waals surface area contributed by atoms with E-state index in [-0.39, 0.29) is 24.0 Å². The highest BCUT2D eigenvalue weighted by Crippen LogP contribution is 2.16. The first-order valence-electron chi connectivity index (χ1n) is 8.42. The van der Waals surface area contributed by atoms with Crippen molar-refractivity contribution in [2.75, 3.05) is 73.7 Å². The Hall–Kier alpha value is -0.120. The number of ether oxygens (including phenoxy) is 2. The van der Waals surface area contributed by atoms with Crippen LogP contribution >= 0.6 is 24.0 Å². The molecule has 0 aromatic carbocycles. The summed E-state index contributed by atoms with van der Waals surface area (Å²) in [5.74, 6) is 1.66. The molecule has 0 amide bonds.